The Labute approximate surface area is 222 Å². The summed E-state index contributed by atoms with van der Waals surface area (Å²) in [4.78, 5) is 28.2. The number of carbonyl (C=O) groups is 2. The van der Waals surface area contributed by atoms with Crippen molar-refractivity contribution >= 4 is 29.4 Å². The van der Waals surface area contributed by atoms with E-state index in [1.807, 2.05) is 19.9 Å². The highest BCUT2D eigenvalue weighted by Crippen LogP contribution is 2.48. The number of halogens is 1. The smallest absolute Gasteiger partial charge is 0.240 e. The van der Waals surface area contributed by atoms with Gasteiger partial charge in [-0.3, -0.25) is 14.5 Å². The second-order valence-corrected chi connectivity index (χ2v) is 11.8. The van der Waals surface area contributed by atoms with Crippen molar-refractivity contribution in [3.63, 3.8) is 0 Å². The van der Waals surface area contributed by atoms with Gasteiger partial charge in [-0.1, -0.05) is 57.5 Å². The second-order valence-electron chi connectivity index (χ2n) is 10.7. The van der Waals surface area contributed by atoms with Crippen LogP contribution in [0.15, 0.2) is 48.5 Å². The fraction of sp³-hybridized carbons (Fsp3) is 0.414. The summed E-state index contributed by atoms with van der Waals surface area (Å²) < 4.78 is 15.5. The molecule has 2 atom stereocenters. The molecule has 6 nitrogen and oxygen atoms in total. The van der Waals surface area contributed by atoms with Crippen molar-refractivity contribution in [1.82, 2.24) is 15.1 Å². The number of aryl methyl sites for hydroxylation is 1. The number of carbonyl (C=O) groups excluding carboxylic acids is 2. The lowest BCUT2D eigenvalue weighted by Gasteiger charge is -2.25. The average Bonchev–Trinajstić information content (AvgIpc) is 3.17. The molecule has 0 saturated carbocycles. The van der Waals surface area contributed by atoms with Crippen LogP contribution in [0, 0.1) is 12.7 Å². The average molecular weight is 523 g/mol. The van der Waals surface area contributed by atoms with Crippen LogP contribution in [0.2, 0.25) is 0 Å². The van der Waals surface area contributed by atoms with E-state index in [0.29, 0.717) is 11.5 Å². The van der Waals surface area contributed by atoms with Gasteiger partial charge in [0.25, 0.3) is 0 Å². The van der Waals surface area contributed by atoms with E-state index >= 15 is 0 Å². The largest absolute Gasteiger partial charge is 0.352 e. The fourth-order valence-electron chi connectivity index (χ4n) is 4.50. The second kappa shape index (κ2) is 10.7. The number of anilines is 1. The maximum Gasteiger partial charge on any atom is 0.240 e. The van der Waals surface area contributed by atoms with Crippen LogP contribution in [0.4, 0.5) is 10.2 Å². The molecule has 0 spiro atoms. The van der Waals surface area contributed by atoms with E-state index in [9.17, 15) is 14.0 Å². The predicted octanol–water partition coefficient (Wildman–Crippen LogP) is 5.70. The third kappa shape index (κ3) is 5.74. The molecule has 4 rings (SSSR count). The van der Waals surface area contributed by atoms with Crippen LogP contribution in [0.1, 0.15) is 68.7 Å². The van der Waals surface area contributed by atoms with Crippen molar-refractivity contribution in [3.8, 4) is 5.69 Å². The summed E-state index contributed by atoms with van der Waals surface area (Å²) in [5, 5.41) is 7.85. The Morgan fingerprint density at radius 3 is 2.54 bits per heavy atom. The highest BCUT2D eigenvalue weighted by Gasteiger charge is 2.40. The summed E-state index contributed by atoms with van der Waals surface area (Å²) in [5.41, 5.74) is 4.23. The molecular formula is C29H35FN4O2S. The molecule has 0 radical (unpaired) electrons. The van der Waals surface area contributed by atoms with E-state index in [1.165, 1.54) is 12.1 Å². The molecule has 1 aromatic heterocycles. The van der Waals surface area contributed by atoms with E-state index in [1.54, 1.807) is 33.5 Å². The summed E-state index contributed by atoms with van der Waals surface area (Å²) >= 11 is 1.55. The number of thioether (sulfide) groups is 1. The van der Waals surface area contributed by atoms with Crippen molar-refractivity contribution in [2.45, 2.75) is 64.7 Å². The van der Waals surface area contributed by atoms with Crippen LogP contribution in [-0.4, -0.2) is 39.9 Å². The summed E-state index contributed by atoms with van der Waals surface area (Å²) in [7, 11) is 0. The number of nitrogens with zero attached hydrogens (tertiary/aromatic N) is 3. The Morgan fingerprint density at radius 1 is 1.22 bits per heavy atom. The van der Waals surface area contributed by atoms with E-state index in [2.05, 4.69) is 51.2 Å². The monoisotopic (exact) mass is 522 g/mol. The number of fused-ring (bicyclic) bond motifs is 1. The first-order chi connectivity index (χ1) is 17.5. The van der Waals surface area contributed by atoms with Gasteiger partial charge in [0, 0.05) is 17.0 Å². The van der Waals surface area contributed by atoms with E-state index in [0.717, 1.165) is 28.8 Å². The van der Waals surface area contributed by atoms with Gasteiger partial charge < -0.3 is 5.32 Å². The normalized spacial score (nSPS) is 16.8. The number of aromatic nitrogens is 2. The van der Waals surface area contributed by atoms with Gasteiger partial charge in [0.15, 0.2) is 0 Å². The molecule has 0 unspecified atom stereocenters. The minimum atomic E-state index is -0.355. The molecular weight excluding hydrogens is 487 g/mol. The lowest BCUT2D eigenvalue weighted by molar-refractivity contribution is -0.123. The molecule has 0 fully saturated rings. The third-order valence-corrected chi connectivity index (χ3v) is 7.79. The Kier molecular flexibility index (Phi) is 7.78. The van der Waals surface area contributed by atoms with Crippen molar-refractivity contribution in [3.05, 3.63) is 76.7 Å². The highest BCUT2D eigenvalue weighted by molar-refractivity contribution is 8.00. The summed E-state index contributed by atoms with van der Waals surface area (Å²) in [6, 6.07) is 14.3. The van der Waals surface area contributed by atoms with Gasteiger partial charge in [-0.05, 0) is 50.1 Å². The van der Waals surface area contributed by atoms with Gasteiger partial charge >= 0.3 is 0 Å². The number of hydrogen-bond acceptors (Lipinski definition) is 4. The van der Waals surface area contributed by atoms with Crippen molar-refractivity contribution in [2.75, 3.05) is 17.2 Å². The predicted molar refractivity (Wildman–Crippen MR) is 148 cm³/mol. The summed E-state index contributed by atoms with van der Waals surface area (Å²) in [6.07, 6.45) is 0.790. The van der Waals surface area contributed by atoms with Gasteiger partial charge in [0.1, 0.15) is 18.2 Å². The zero-order chi connectivity index (χ0) is 26.9. The zero-order valence-electron chi connectivity index (χ0n) is 22.3. The van der Waals surface area contributed by atoms with Crippen LogP contribution in [0.3, 0.4) is 0 Å². The number of hydrogen-bond donors (Lipinski definition) is 1. The molecule has 3 aromatic rings. The Hall–Kier alpha value is -3.13. The maximum atomic E-state index is 13.8. The number of rotatable bonds is 6. The standard InChI is InChI=1S/C29H35FN4O2S/c1-7-19(3)31-23(35)16-33-24(36)17-37-26(20-10-8-9-18(2)15-20)25-27(29(4,5)6)32-34(28(25)33)22-13-11-21(30)12-14-22/h8-15,19,26H,7,16-17H2,1-6H3,(H,31,35)/t19-,26+/m1/s1. The molecule has 2 heterocycles. The quantitative estimate of drug-likeness (QED) is 0.451. The van der Waals surface area contributed by atoms with E-state index in [-0.39, 0.29) is 46.6 Å². The SMILES string of the molecule is CC[C@@H](C)NC(=O)CN1C(=O)CS[C@@H](c2cccc(C)c2)c2c(C(C)(C)C)nn(-c3ccc(F)cc3)c21. The van der Waals surface area contributed by atoms with Crippen molar-refractivity contribution in [1.29, 1.82) is 0 Å². The molecule has 2 aromatic carbocycles. The van der Waals surface area contributed by atoms with Crippen LogP contribution in [-0.2, 0) is 15.0 Å². The number of amides is 2. The molecule has 8 heteroatoms. The Balaban J connectivity index is 1.98. The van der Waals surface area contributed by atoms with Crippen LogP contribution in [0.5, 0.6) is 0 Å². The zero-order valence-corrected chi connectivity index (χ0v) is 23.2. The summed E-state index contributed by atoms with van der Waals surface area (Å²) in [6.45, 7) is 12.2. The minimum Gasteiger partial charge on any atom is -0.352 e. The van der Waals surface area contributed by atoms with Gasteiger partial charge in [0.05, 0.1) is 22.4 Å². The molecule has 37 heavy (non-hydrogen) atoms. The molecule has 196 valence electrons. The molecule has 1 N–H and O–H groups in total. The Morgan fingerprint density at radius 2 is 1.92 bits per heavy atom. The van der Waals surface area contributed by atoms with Crippen molar-refractivity contribution in [2.24, 2.45) is 0 Å². The summed E-state index contributed by atoms with van der Waals surface area (Å²) in [5.74, 6) is 0.0439. The number of nitrogens with one attached hydrogen (secondary N) is 1. The van der Waals surface area contributed by atoms with Gasteiger partial charge in [-0.2, -0.15) is 5.10 Å². The first-order valence-corrected chi connectivity index (χ1v) is 13.7. The Bertz CT molecular complexity index is 1300. The molecule has 1 aliphatic rings. The topological polar surface area (TPSA) is 67.2 Å². The lowest BCUT2D eigenvalue weighted by Crippen LogP contribution is -2.44. The van der Waals surface area contributed by atoms with Crippen LogP contribution < -0.4 is 10.2 Å². The van der Waals surface area contributed by atoms with Gasteiger partial charge in [-0.25, -0.2) is 9.07 Å². The van der Waals surface area contributed by atoms with Gasteiger partial charge in [-0.15, -0.1) is 11.8 Å². The minimum absolute atomic E-state index is 0.00406. The van der Waals surface area contributed by atoms with Crippen molar-refractivity contribution < 1.29 is 14.0 Å². The maximum absolute atomic E-state index is 13.8. The highest BCUT2D eigenvalue weighted by atomic mass is 32.2. The molecule has 1 aliphatic heterocycles. The van der Waals surface area contributed by atoms with Gasteiger partial charge in [0.2, 0.25) is 11.8 Å². The molecule has 2 amide bonds. The van der Waals surface area contributed by atoms with E-state index in [4.69, 9.17) is 5.10 Å². The molecule has 0 aliphatic carbocycles. The lowest BCUT2D eigenvalue weighted by atomic mass is 9.87. The number of benzene rings is 2. The first kappa shape index (κ1) is 26.9. The molecule has 0 saturated heterocycles. The fourth-order valence-corrected chi connectivity index (χ4v) is 5.69. The van der Waals surface area contributed by atoms with Crippen LogP contribution >= 0.6 is 11.8 Å². The first-order valence-electron chi connectivity index (χ1n) is 12.7. The van der Waals surface area contributed by atoms with Crippen LogP contribution in [0.25, 0.3) is 5.69 Å². The van der Waals surface area contributed by atoms with E-state index < -0.39 is 0 Å². The third-order valence-electron chi connectivity index (χ3n) is 6.54. The molecule has 0 bridgehead atoms.